The van der Waals surface area contributed by atoms with E-state index in [-0.39, 0.29) is 11.9 Å². The molecule has 0 aromatic heterocycles. The minimum Gasteiger partial charge on any atom is -0.383 e. The average Bonchev–Trinajstić information content (AvgIpc) is 2.44. The molecule has 1 unspecified atom stereocenters. The van der Waals surface area contributed by atoms with Crippen LogP contribution in [-0.4, -0.2) is 43.0 Å². The number of hydrogen-bond acceptors (Lipinski definition) is 3. The summed E-state index contributed by atoms with van der Waals surface area (Å²) in [5.74, 6) is 0.0921. The van der Waals surface area contributed by atoms with E-state index in [1.165, 1.54) is 16.8 Å². The standard InChI is InChI=1S/C17H29N3O/c1-6-20(7-2)12-16(21)19-15(5)11-18-17-13(3)9-8-10-14(17)4/h8-10,15,18H,6-7,11-12H2,1-5H3,(H,19,21). The predicted octanol–water partition coefficient (Wildman–Crippen LogP) is 2.56. The molecule has 1 aromatic carbocycles. The molecule has 1 amide bonds. The largest absolute Gasteiger partial charge is 0.383 e. The van der Waals surface area contributed by atoms with Crippen LogP contribution in [0.5, 0.6) is 0 Å². The van der Waals surface area contributed by atoms with Gasteiger partial charge in [0.15, 0.2) is 0 Å². The second-order valence-corrected chi connectivity index (χ2v) is 5.58. The maximum Gasteiger partial charge on any atom is 0.234 e. The van der Waals surface area contributed by atoms with Crippen LogP contribution in [0.1, 0.15) is 31.9 Å². The molecule has 1 rings (SSSR count). The number of para-hydroxylation sites is 1. The van der Waals surface area contributed by atoms with Crippen molar-refractivity contribution in [2.45, 2.75) is 40.7 Å². The van der Waals surface area contributed by atoms with E-state index in [4.69, 9.17) is 0 Å². The molecule has 0 spiro atoms. The lowest BCUT2D eigenvalue weighted by molar-refractivity contribution is -0.122. The molecular formula is C17H29N3O. The van der Waals surface area contributed by atoms with Crippen LogP contribution in [0.3, 0.4) is 0 Å². The highest BCUT2D eigenvalue weighted by molar-refractivity contribution is 5.78. The number of aryl methyl sites for hydroxylation is 2. The monoisotopic (exact) mass is 291 g/mol. The van der Waals surface area contributed by atoms with Crippen molar-refractivity contribution < 1.29 is 4.79 Å². The molecule has 118 valence electrons. The van der Waals surface area contributed by atoms with Crippen LogP contribution < -0.4 is 10.6 Å². The molecule has 0 radical (unpaired) electrons. The van der Waals surface area contributed by atoms with E-state index >= 15 is 0 Å². The molecule has 0 saturated heterocycles. The highest BCUT2D eigenvalue weighted by Gasteiger charge is 2.11. The Labute approximate surface area is 128 Å². The normalized spacial score (nSPS) is 12.3. The summed E-state index contributed by atoms with van der Waals surface area (Å²) in [5, 5.41) is 6.48. The van der Waals surface area contributed by atoms with Gasteiger partial charge in [-0.25, -0.2) is 0 Å². The fourth-order valence-electron chi connectivity index (χ4n) is 2.37. The van der Waals surface area contributed by atoms with Gasteiger partial charge in [0, 0.05) is 18.3 Å². The number of carbonyl (C=O) groups is 1. The van der Waals surface area contributed by atoms with Crippen molar-refractivity contribution in [3.05, 3.63) is 29.3 Å². The van der Waals surface area contributed by atoms with E-state index in [1.807, 2.05) is 6.92 Å². The summed E-state index contributed by atoms with van der Waals surface area (Å²) in [6.07, 6.45) is 0. The lowest BCUT2D eigenvalue weighted by atomic mass is 10.1. The summed E-state index contributed by atoms with van der Waals surface area (Å²) >= 11 is 0. The van der Waals surface area contributed by atoms with Crippen molar-refractivity contribution in [1.82, 2.24) is 10.2 Å². The molecule has 2 N–H and O–H groups in total. The minimum absolute atomic E-state index is 0.0921. The zero-order valence-electron chi connectivity index (χ0n) is 14.0. The number of rotatable bonds is 8. The molecule has 0 aliphatic carbocycles. The van der Waals surface area contributed by atoms with Gasteiger partial charge in [0.25, 0.3) is 0 Å². The van der Waals surface area contributed by atoms with Gasteiger partial charge in [0.1, 0.15) is 0 Å². The SMILES string of the molecule is CCN(CC)CC(=O)NC(C)CNc1c(C)cccc1C. The smallest absolute Gasteiger partial charge is 0.234 e. The fraction of sp³-hybridized carbons (Fsp3) is 0.588. The molecule has 0 heterocycles. The van der Waals surface area contributed by atoms with E-state index in [0.717, 1.165) is 19.6 Å². The molecule has 4 heteroatoms. The van der Waals surface area contributed by atoms with Gasteiger partial charge < -0.3 is 10.6 Å². The van der Waals surface area contributed by atoms with Crippen molar-refractivity contribution in [3.63, 3.8) is 0 Å². The van der Waals surface area contributed by atoms with Gasteiger partial charge in [0.2, 0.25) is 5.91 Å². The van der Waals surface area contributed by atoms with Gasteiger partial charge in [-0.1, -0.05) is 32.0 Å². The molecule has 4 nitrogen and oxygen atoms in total. The first-order valence-corrected chi connectivity index (χ1v) is 7.79. The molecule has 0 aliphatic rings. The van der Waals surface area contributed by atoms with Gasteiger partial charge >= 0.3 is 0 Å². The number of benzene rings is 1. The first kappa shape index (κ1) is 17.5. The minimum atomic E-state index is 0.0921. The van der Waals surface area contributed by atoms with Crippen LogP contribution in [0.25, 0.3) is 0 Å². The molecular weight excluding hydrogens is 262 g/mol. The quantitative estimate of drug-likeness (QED) is 0.773. The zero-order chi connectivity index (χ0) is 15.8. The molecule has 0 aliphatic heterocycles. The Morgan fingerprint density at radius 1 is 1.19 bits per heavy atom. The molecule has 0 fully saturated rings. The zero-order valence-corrected chi connectivity index (χ0v) is 14.0. The summed E-state index contributed by atoms with van der Waals surface area (Å²) in [7, 11) is 0. The van der Waals surface area contributed by atoms with E-state index < -0.39 is 0 Å². The van der Waals surface area contributed by atoms with Gasteiger partial charge in [-0.3, -0.25) is 9.69 Å². The number of nitrogens with zero attached hydrogens (tertiary/aromatic N) is 1. The highest BCUT2D eigenvalue weighted by Crippen LogP contribution is 2.19. The third kappa shape index (κ3) is 5.76. The highest BCUT2D eigenvalue weighted by atomic mass is 16.2. The Bertz CT molecular complexity index is 435. The van der Waals surface area contributed by atoms with Gasteiger partial charge in [-0.05, 0) is 45.0 Å². The second kappa shape index (κ2) is 8.67. The van der Waals surface area contributed by atoms with E-state index in [0.29, 0.717) is 6.54 Å². The summed E-state index contributed by atoms with van der Waals surface area (Å²) in [4.78, 5) is 14.1. The lowest BCUT2D eigenvalue weighted by Crippen LogP contribution is -2.43. The lowest BCUT2D eigenvalue weighted by Gasteiger charge is -2.21. The Morgan fingerprint density at radius 2 is 1.76 bits per heavy atom. The van der Waals surface area contributed by atoms with Gasteiger partial charge in [-0.2, -0.15) is 0 Å². The van der Waals surface area contributed by atoms with E-state index in [2.05, 4.69) is 61.4 Å². The maximum absolute atomic E-state index is 11.9. The molecule has 1 atom stereocenters. The van der Waals surface area contributed by atoms with Crippen LogP contribution in [0, 0.1) is 13.8 Å². The maximum atomic E-state index is 11.9. The number of carbonyl (C=O) groups excluding carboxylic acids is 1. The third-order valence-corrected chi connectivity index (χ3v) is 3.74. The predicted molar refractivity (Wildman–Crippen MR) is 89.8 cm³/mol. The van der Waals surface area contributed by atoms with Crippen LogP contribution in [-0.2, 0) is 4.79 Å². The van der Waals surface area contributed by atoms with Crippen molar-refractivity contribution in [1.29, 1.82) is 0 Å². The number of anilines is 1. The Balaban J connectivity index is 2.44. The van der Waals surface area contributed by atoms with Crippen molar-refractivity contribution in [2.24, 2.45) is 0 Å². The third-order valence-electron chi connectivity index (χ3n) is 3.74. The Hall–Kier alpha value is -1.55. The summed E-state index contributed by atoms with van der Waals surface area (Å²) in [6.45, 7) is 13.4. The molecule has 1 aromatic rings. The van der Waals surface area contributed by atoms with Crippen molar-refractivity contribution >= 4 is 11.6 Å². The van der Waals surface area contributed by atoms with Crippen LogP contribution >= 0.6 is 0 Å². The Morgan fingerprint density at radius 3 is 2.29 bits per heavy atom. The molecule has 0 bridgehead atoms. The number of nitrogens with one attached hydrogen (secondary N) is 2. The second-order valence-electron chi connectivity index (χ2n) is 5.58. The Kier molecular flexibility index (Phi) is 7.23. The van der Waals surface area contributed by atoms with Crippen LogP contribution in [0.15, 0.2) is 18.2 Å². The summed E-state index contributed by atoms with van der Waals surface area (Å²) in [6, 6.07) is 6.36. The topological polar surface area (TPSA) is 44.4 Å². The summed E-state index contributed by atoms with van der Waals surface area (Å²) in [5.41, 5.74) is 3.63. The van der Waals surface area contributed by atoms with Crippen LogP contribution in [0.2, 0.25) is 0 Å². The number of likely N-dealkylation sites (N-methyl/N-ethyl adjacent to an activating group) is 1. The summed E-state index contributed by atoms with van der Waals surface area (Å²) < 4.78 is 0. The molecule has 0 saturated carbocycles. The average molecular weight is 291 g/mol. The number of hydrogen-bond donors (Lipinski definition) is 2. The first-order chi connectivity index (χ1) is 9.97. The van der Waals surface area contributed by atoms with Crippen molar-refractivity contribution in [2.75, 3.05) is 31.5 Å². The van der Waals surface area contributed by atoms with E-state index in [9.17, 15) is 4.79 Å². The van der Waals surface area contributed by atoms with E-state index in [1.54, 1.807) is 0 Å². The van der Waals surface area contributed by atoms with Gasteiger partial charge in [0.05, 0.1) is 6.54 Å². The van der Waals surface area contributed by atoms with Crippen LogP contribution in [0.4, 0.5) is 5.69 Å². The molecule has 21 heavy (non-hydrogen) atoms. The van der Waals surface area contributed by atoms with Gasteiger partial charge in [-0.15, -0.1) is 0 Å². The first-order valence-electron chi connectivity index (χ1n) is 7.79. The number of amides is 1. The van der Waals surface area contributed by atoms with Crippen molar-refractivity contribution in [3.8, 4) is 0 Å². The fourth-order valence-corrected chi connectivity index (χ4v) is 2.37.